The molecule has 0 saturated heterocycles. The summed E-state index contributed by atoms with van der Waals surface area (Å²) in [6.07, 6.45) is 39.5. The molecule has 0 aliphatic carbocycles. The zero-order chi connectivity index (χ0) is 41.9. The van der Waals surface area contributed by atoms with Crippen LogP contribution in [0.15, 0.2) is 0 Å². The summed E-state index contributed by atoms with van der Waals surface area (Å²) in [5.41, 5.74) is 0. The molecule has 0 aliphatic heterocycles. The number of hydrogen-bond acceptors (Lipinski definition) is 6. The number of phosphoric acid groups is 2. The van der Waals surface area contributed by atoms with E-state index in [1.807, 2.05) is 49.2 Å². The van der Waals surface area contributed by atoms with Crippen molar-refractivity contribution in [3.8, 4) is 0 Å². The third-order valence-corrected chi connectivity index (χ3v) is 12.8. The Bertz CT molecular complexity index is 960. The van der Waals surface area contributed by atoms with Crippen molar-refractivity contribution in [3.63, 3.8) is 0 Å². The second-order valence-electron chi connectivity index (χ2n) is 18.6. The van der Waals surface area contributed by atoms with Gasteiger partial charge in [-0.1, -0.05) is 187 Å². The van der Waals surface area contributed by atoms with Gasteiger partial charge in [0.15, 0.2) is 0 Å². The van der Waals surface area contributed by atoms with Gasteiger partial charge in [-0.15, -0.1) is 0 Å². The summed E-state index contributed by atoms with van der Waals surface area (Å²) in [7, 11) is 4.26. The van der Waals surface area contributed by atoms with Gasteiger partial charge >= 0.3 is 15.6 Å². The summed E-state index contributed by atoms with van der Waals surface area (Å²) in [4.78, 5) is 19.8. The Morgan fingerprint density at radius 1 is 0.393 bits per heavy atom. The zero-order valence-electron chi connectivity index (χ0n) is 38.2. The van der Waals surface area contributed by atoms with E-state index in [4.69, 9.17) is 18.1 Å². The topological polar surface area (TPSA) is 112 Å². The van der Waals surface area contributed by atoms with Crippen molar-refractivity contribution in [1.82, 2.24) is 0 Å². The Morgan fingerprint density at radius 2 is 0.643 bits per heavy atom. The molecule has 10 nitrogen and oxygen atoms in total. The Kier molecular flexibility index (Phi) is 35.9. The predicted octanol–water partition coefficient (Wildman–Crippen LogP) is 13.1. The summed E-state index contributed by atoms with van der Waals surface area (Å²) in [5, 5.41) is 0. The lowest BCUT2D eigenvalue weighted by atomic mass is 10.0. The van der Waals surface area contributed by atoms with Crippen LogP contribution < -0.4 is 0 Å². The van der Waals surface area contributed by atoms with E-state index in [0.717, 1.165) is 38.5 Å². The average molecular weight is 843 g/mol. The third-order valence-electron chi connectivity index (χ3n) is 10.7. The fourth-order valence-corrected chi connectivity index (χ4v) is 8.63. The highest BCUT2D eigenvalue weighted by Crippen LogP contribution is 2.46. The number of rotatable bonds is 44. The van der Waals surface area contributed by atoms with E-state index in [-0.39, 0.29) is 19.3 Å². The van der Waals surface area contributed by atoms with Crippen LogP contribution in [-0.4, -0.2) is 100 Å². The summed E-state index contributed by atoms with van der Waals surface area (Å²) in [5.74, 6) is 0. The Morgan fingerprint density at radius 3 is 0.929 bits per heavy atom. The van der Waals surface area contributed by atoms with E-state index < -0.39 is 15.6 Å². The first-order chi connectivity index (χ1) is 26.6. The first-order valence-electron chi connectivity index (χ1n) is 23.4. The minimum atomic E-state index is -3.98. The number of hydrogen-bond donors (Lipinski definition) is 2. The maximum absolute atomic E-state index is 12.3. The summed E-state index contributed by atoms with van der Waals surface area (Å²) < 4.78 is 46.3. The molecule has 3 unspecified atom stereocenters. The lowest BCUT2D eigenvalue weighted by Crippen LogP contribution is -2.37. The van der Waals surface area contributed by atoms with Gasteiger partial charge in [-0.2, -0.15) is 0 Å². The molecular weight excluding hydrogens is 746 g/mol. The molecule has 0 amide bonds. The second kappa shape index (κ2) is 35.9. The molecule has 0 fully saturated rings. The number of likely N-dealkylation sites (N-methyl/N-ethyl adjacent to an activating group) is 2. The fourth-order valence-electron chi connectivity index (χ4n) is 6.87. The van der Waals surface area contributed by atoms with Crippen molar-refractivity contribution in [2.24, 2.45) is 0 Å². The lowest BCUT2D eigenvalue weighted by molar-refractivity contribution is -0.870. The normalized spacial score (nSPS) is 15.2. The average Bonchev–Trinajstić information content (AvgIpc) is 3.10. The van der Waals surface area contributed by atoms with Gasteiger partial charge < -0.3 is 18.8 Å². The van der Waals surface area contributed by atoms with Crippen LogP contribution in [0, 0.1) is 0 Å². The van der Waals surface area contributed by atoms with Crippen LogP contribution in [0.1, 0.15) is 206 Å². The summed E-state index contributed by atoms with van der Waals surface area (Å²) >= 11 is 0. The van der Waals surface area contributed by atoms with Gasteiger partial charge in [-0.05, 0) is 19.3 Å². The van der Waals surface area contributed by atoms with Crippen molar-refractivity contribution in [1.29, 1.82) is 0 Å². The van der Waals surface area contributed by atoms with Crippen LogP contribution in [0.2, 0.25) is 0 Å². The van der Waals surface area contributed by atoms with E-state index in [1.165, 1.54) is 161 Å². The van der Waals surface area contributed by atoms with E-state index >= 15 is 0 Å². The molecule has 0 bridgehead atoms. The summed E-state index contributed by atoms with van der Waals surface area (Å²) in [6.45, 7) is 4.07. The van der Waals surface area contributed by atoms with Crippen LogP contribution in [0.5, 0.6) is 0 Å². The molecule has 2 N–H and O–H groups in total. The van der Waals surface area contributed by atoms with Gasteiger partial charge in [-0.3, -0.25) is 18.1 Å². The van der Waals surface area contributed by atoms with E-state index in [1.54, 1.807) is 0 Å². The van der Waals surface area contributed by atoms with Crippen LogP contribution in [0.4, 0.5) is 0 Å². The maximum Gasteiger partial charge on any atom is 0.472 e. The second-order valence-corrected chi connectivity index (χ2v) is 21.5. The van der Waals surface area contributed by atoms with Crippen molar-refractivity contribution >= 4 is 15.6 Å². The lowest BCUT2D eigenvalue weighted by Gasteiger charge is -2.25. The molecule has 0 rings (SSSR count). The third kappa shape index (κ3) is 43.7. The smallest absolute Gasteiger partial charge is 0.329 e. The molecule has 0 aromatic heterocycles. The van der Waals surface area contributed by atoms with Crippen LogP contribution in [-0.2, 0) is 27.2 Å². The number of phosphoric ester groups is 2. The van der Waals surface area contributed by atoms with Gasteiger partial charge in [0.2, 0.25) is 0 Å². The minimum Gasteiger partial charge on any atom is -0.329 e. The van der Waals surface area contributed by atoms with E-state index in [0.29, 0.717) is 28.7 Å². The molecule has 3 atom stereocenters. The molecule has 0 aliphatic rings. The fraction of sp³-hybridized carbons (Fsp3) is 1.00. The van der Waals surface area contributed by atoms with E-state index in [9.17, 15) is 18.9 Å². The zero-order valence-corrected chi connectivity index (χ0v) is 40.0. The monoisotopic (exact) mass is 843 g/mol. The Hall–Kier alpha value is 0.140. The SMILES string of the molecule is CCC(CCCCCCCCCCCCCCCCCCCCCCCCCCCCCCCOP(=O)(O)OCC[N+](C)(C)C)OP(=O)(O)OCC[N+](C)(C)C. The molecule has 0 saturated carbocycles. The Labute approximate surface area is 348 Å². The molecule has 338 valence electrons. The number of nitrogens with zero attached hydrogens (tertiary/aromatic N) is 2. The van der Waals surface area contributed by atoms with Gasteiger partial charge in [0.1, 0.15) is 26.3 Å². The highest BCUT2D eigenvalue weighted by atomic mass is 31.2. The maximum atomic E-state index is 12.3. The van der Waals surface area contributed by atoms with E-state index in [2.05, 4.69) is 0 Å². The molecule has 12 heteroatoms. The first kappa shape index (κ1) is 56.1. The largest absolute Gasteiger partial charge is 0.472 e. The highest BCUT2D eigenvalue weighted by molar-refractivity contribution is 7.47. The molecule has 0 heterocycles. The Balaban J connectivity index is 3.33. The molecule has 0 aromatic rings. The van der Waals surface area contributed by atoms with Crippen molar-refractivity contribution in [2.45, 2.75) is 212 Å². The van der Waals surface area contributed by atoms with Crippen molar-refractivity contribution in [2.75, 3.05) is 75.2 Å². The van der Waals surface area contributed by atoms with Gasteiger partial charge in [0, 0.05) is 0 Å². The molecule has 0 spiro atoms. The summed E-state index contributed by atoms with van der Waals surface area (Å²) in [6, 6.07) is 0. The quantitative estimate of drug-likeness (QED) is 0.0354. The van der Waals surface area contributed by atoms with Crippen LogP contribution in [0.25, 0.3) is 0 Å². The molecular formula is C44H96N2O8P2+2. The molecule has 0 aromatic carbocycles. The van der Waals surface area contributed by atoms with Crippen molar-refractivity contribution < 1.29 is 46.0 Å². The minimum absolute atomic E-state index is 0.208. The van der Waals surface area contributed by atoms with Crippen molar-refractivity contribution in [3.05, 3.63) is 0 Å². The number of unbranched alkanes of at least 4 members (excludes halogenated alkanes) is 28. The first-order valence-corrected chi connectivity index (χ1v) is 26.4. The van der Waals surface area contributed by atoms with Gasteiger partial charge in [-0.25, -0.2) is 9.13 Å². The van der Waals surface area contributed by atoms with Gasteiger partial charge in [0.25, 0.3) is 0 Å². The van der Waals surface area contributed by atoms with Crippen LogP contribution in [0.3, 0.4) is 0 Å². The number of quaternary nitrogens is 2. The predicted molar refractivity (Wildman–Crippen MR) is 237 cm³/mol. The standard InChI is InChI=1S/C44H94N2O8P2/c1-8-44(54-56(49,50)53-43-40-46(5,6)7)38-36-34-32-30-28-26-24-22-20-18-16-14-12-10-9-11-13-15-17-19-21-23-25-27-29-31-33-35-37-41-51-55(47,48)52-42-39-45(2,3)4/h44H,8-43H2,1-7H3/p+2. The molecule has 56 heavy (non-hydrogen) atoms. The van der Waals surface area contributed by atoms with Gasteiger partial charge in [0.05, 0.1) is 55.0 Å². The molecule has 0 radical (unpaired) electrons. The highest BCUT2D eigenvalue weighted by Gasteiger charge is 2.26. The van der Waals surface area contributed by atoms with Crippen LogP contribution >= 0.6 is 15.6 Å².